The Bertz CT molecular complexity index is 433. The summed E-state index contributed by atoms with van der Waals surface area (Å²) in [4.78, 5) is 0. The van der Waals surface area contributed by atoms with Gasteiger partial charge >= 0.3 is 0 Å². The Labute approximate surface area is 120 Å². The van der Waals surface area contributed by atoms with Crippen LogP contribution in [0.2, 0.25) is 0 Å². The molecule has 2 N–H and O–H groups in total. The number of hydrogen-bond donors (Lipinski definition) is 2. The van der Waals surface area contributed by atoms with Crippen molar-refractivity contribution in [1.29, 1.82) is 0 Å². The minimum Gasteiger partial charge on any atom is -0.396 e. The monoisotopic (exact) mass is 277 g/mol. The second kappa shape index (κ2) is 5.82. The van der Waals surface area contributed by atoms with Crippen LogP contribution in [0.3, 0.4) is 0 Å². The molecule has 3 rings (SSSR count). The molecule has 2 fully saturated rings. The van der Waals surface area contributed by atoms with Crippen LogP contribution < -0.4 is 5.32 Å². The van der Waals surface area contributed by atoms with Crippen molar-refractivity contribution >= 4 is 0 Å². The molecule has 0 heterocycles. The normalized spacial score (nSPS) is 28.3. The summed E-state index contributed by atoms with van der Waals surface area (Å²) in [6.45, 7) is 1.26. The van der Waals surface area contributed by atoms with Crippen molar-refractivity contribution in [3.63, 3.8) is 0 Å². The average Bonchev–Trinajstić information content (AvgIpc) is 2.88. The average molecular weight is 277 g/mol. The zero-order valence-electron chi connectivity index (χ0n) is 11.9. The minimum atomic E-state index is -0.158. The number of aliphatic hydroxyl groups is 1. The number of halogens is 1. The molecule has 1 aromatic carbocycles. The van der Waals surface area contributed by atoms with Gasteiger partial charge in [0.1, 0.15) is 5.82 Å². The van der Waals surface area contributed by atoms with Gasteiger partial charge in [0.2, 0.25) is 0 Å². The Morgan fingerprint density at radius 1 is 1.15 bits per heavy atom. The maximum Gasteiger partial charge on any atom is 0.123 e. The number of hydrogen-bond acceptors (Lipinski definition) is 2. The molecule has 0 saturated heterocycles. The van der Waals surface area contributed by atoms with E-state index in [4.69, 9.17) is 0 Å². The fourth-order valence-corrected chi connectivity index (χ4v) is 3.67. The van der Waals surface area contributed by atoms with E-state index in [1.54, 1.807) is 12.1 Å². The van der Waals surface area contributed by atoms with E-state index in [2.05, 4.69) is 5.32 Å². The van der Waals surface area contributed by atoms with Crippen LogP contribution in [0.5, 0.6) is 0 Å². The van der Waals surface area contributed by atoms with Crippen molar-refractivity contribution in [3.8, 4) is 0 Å². The molecule has 2 nitrogen and oxygen atoms in total. The van der Waals surface area contributed by atoms with Crippen molar-refractivity contribution in [2.24, 2.45) is 5.41 Å². The lowest BCUT2D eigenvalue weighted by atomic mass is 9.75. The summed E-state index contributed by atoms with van der Waals surface area (Å²) in [6.07, 6.45) is 7.09. The Morgan fingerprint density at radius 3 is 2.40 bits per heavy atom. The van der Waals surface area contributed by atoms with Gasteiger partial charge in [0.05, 0.1) is 0 Å². The van der Waals surface area contributed by atoms with Gasteiger partial charge in [-0.1, -0.05) is 25.0 Å². The Balaban J connectivity index is 1.45. The fourth-order valence-electron chi connectivity index (χ4n) is 3.67. The van der Waals surface area contributed by atoms with Gasteiger partial charge in [-0.2, -0.15) is 0 Å². The van der Waals surface area contributed by atoms with Crippen LogP contribution in [0.25, 0.3) is 0 Å². The Kier molecular flexibility index (Phi) is 4.08. The van der Waals surface area contributed by atoms with Crippen molar-refractivity contribution in [1.82, 2.24) is 5.32 Å². The predicted molar refractivity (Wildman–Crippen MR) is 78.2 cm³/mol. The second-order valence-corrected chi connectivity index (χ2v) is 6.66. The molecule has 0 radical (unpaired) electrons. The first-order chi connectivity index (χ1) is 9.71. The molecule has 0 unspecified atom stereocenters. The van der Waals surface area contributed by atoms with E-state index in [0.29, 0.717) is 18.6 Å². The summed E-state index contributed by atoms with van der Waals surface area (Å²) >= 11 is 0. The van der Waals surface area contributed by atoms with E-state index >= 15 is 0 Å². The third-order valence-corrected chi connectivity index (χ3v) is 5.24. The van der Waals surface area contributed by atoms with Crippen molar-refractivity contribution in [2.45, 2.75) is 50.5 Å². The van der Waals surface area contributed by atoms with Gasteiger partial charge in [-0.05, 0) is 49.3 Å². The third kappa shape index (κ3) is 2.89. The smallest absolute Gasteiger partial charge is 0.123 e. The van der Waals surface area contributed by atoms with E-state index < -0.39 is 0 Å². The molecule has 0 aliphatic heterocycles. The van der Waals surface area contributed by atoms with E-state index in [0.717, 1.165) is 32.2 Å². The van der Waals surface area contributed by atoms with Crippen LogP contribution in [0.15, 0.2) is 24.3 Å². The lowest BCUT2D eigenvalue weighted by molar-refractivity contribution is 0.117. The topological polar surface area (TPSA) is 32.3 Å². The van der Waals surface area contributed by atoms with Crippen molar-refractivity contribution < 1.29 is 9.50 Å². The summed E-state index contributed by atoms with van der Waals surface area (Å²) in [5, 5.41) is 13.2. The molecule has 2 aliphatic rings. The zero-order valence-corrected chi connectivity index (χ0v) is 11.9. The van der Waals surface area contributed by atoms with E-state index in [-0.39, 0.29) is 11.2 Å². The molecular weight excluding hydrogens is 253 g/mol. The maximum absolute atomic E-state index is 12.9. The van der Waals surface area contributed by atoms with E-state index in [9.17, 15) is 9.50 Å². The van der Waals surface area contributed by atoms with Crippen molar-refractivity contribution in [2.75, 3.05) is 13.2 Å². The molecule has 0 aromatic heterocycles. The van der Waals surface area contributed by atoms with Crippen LogP contribution >= 0.6 is 0 Å². The molecule has 0 bridgehead atoms. The van der Waals surface area contributed by atoms with Gasteiger partial charge in [0, 0.05) is 24.6 Å². The lowest BCUT2D eigenvalue weighted by Crippen LogP contribution is -2.46. The van der Waals surface area contributed by atoms with Crippen LogP contribution in [0.1, 0.15) is 50.0 Å². The summed E-state index contributed by atoms with van der Waals surface area (Å²) in [7, 11) is 0. The van der Waals surface area contributed by atoms with Crippen LogP contribution in [-0.4, -0.2) is 24.3 Å². The summed E-state index contributed by atoms with van der Waals surface area (Å²) in [5.74, 6) is 0.413. The molecule has 20 heavy (non-hydrogen) atoms. The fraction of sp³-hybridized carbons (Fsp3) is 0.647. The van der Waals surface area contributed by atoms with E-state index in [1.807, 2.05) is 12.1 Å². The summed E-state index contributed by atoms with van der Waals surface area (Å²) < 4.78 is 12.9. The predicted octanol–water partition coefficient (Wildman–Crippen LogP) is 3.21. The molecule has 0 spiro atoms. The molecular formula is C17H24FNO. The van der Waals surface area contributed by atoms with Gasteiger partial charge in [-0.3, -0.25) is 0 Å². The highest BCUT2D eigenvalue weighted by Crippen LogP contribution is 2.40. The molecule has 1 aromatic rings. The number of nitrogens with one attached hydrogen (secondary N) is 1. The molecule has 110 valence electrons. The van der Waals surface area contributed by atoms with Crippen LogP contribution in [0, 0.1) is 11.2 Å². The second-order valence-electron chi connectivity index (χ2n) is 6.66. The first-order valence-electron chi connectivity index (χ1n) is 7.80. The Hall–Kier alpha value is -0.930. The quantitative estimate of drug-likeness (QED) is 0.866. The van der Waals surface area contributed by atoms with Crippen LogP contribution in [0.4, 0.5) is 4.39 Å². The van der Waals surface area contributed by atoms with Gasteiger partial charge < -0.3 is 10.4 Å². The summed E-state index contributed by atoms with van der Waals surface area (Å²) in [6, 6.07) is 7.48. The molecule has 2 aliphatic carbocycles. The number of aliphatic hydroxyl groups excluding tert-OH is 1. The molecule has 2 saturated carbocycles. The standard InChI is InChI=1S/C17H24FNO/c18-15-5-3-13(4-6-15)14-9-16(10-14)19-11-17(12-20)7-1-2-8-17/h3-6,14,16,19-20H,1-2,7-12H2. The van der Waals surface area contributed by atoms with Crippen LogP contribution in [-0.2, 0) is 0 Å². The number of benzene rings is 1. The third-order valence-electron chi connectivity index (χ3n) is 5.24. The Morgan fingerprint density at radius 2 is 1.80 bits per heavy atom. The van der Waals surface area contributed by atoms with Gasteiger partial charge in [0.15, 0.2) is 0 Å². The highest BCUT2D eigenvalue weighted by Gasteiger charge is 2.36. The van der Waals surface area contributed by atoms with E-state index in [1.165, 1.54) is 18.4 Å². The lowest BCUT2D eigenvalue weighted by Gasteiger charge is -2.39. The van der Waals surface area contributed by atoms with Gasteiger partial charge in [-0.25, -0.2) is 4.39 Å². The van der Waals surface area contributed by atoms with Gasteiger partial charge in [0.25, 0.3) is 0 Å². The largest absolute Gasteiger partial charge is 0.396 e. The van der Waals surface area contributed by atoms with Crippen molar-refractivity contribution in [3.05, 3.63) is 35.6 Å². The summed E-state index contributed by atoms with van der Waals surface area (Å²) in [5.41, 5.74) is 1.39. The molecule has 3 heteroatoms. The highest BCUT2D eigenvalue weighted by atomic mass is 19.1. The zero-order chi connectivity index (χ0) is 14.0. The minimum absolute atomic E-state index is 0.140. The molecule has 0 amide bonds. The SMILES string of the molecule is OCC1(CNC2CC(c3ccc(F)cc3)C2)CCCC1. The highest BCUT2D eigenvalue weighted by molar-refractivity contribution is 5.23. The first kappa shape index (κ1) is 14.0. The molecule has 0 atom stereocenters. The van der Waals surface area contributed by atoms with Gasteiger partial charge in [-0.15, -0.1) is 0 Å². The maximum atomic E-state index is 12.9. The number of rotatable bonds is 5. The first-order valence-corrected chi connectivity index (χ1v) is 7.80.